The minimum atomic E-state index is -0.642. The number of rotatable bonds is 8. The molecular formula is C24H33N3O4. The van der Waals surface area contributed by atoms with Crippen LogP contribution in [-0.4, -0.2) is 41.5 Å². The Labute approximate surface area is 183 Å². The fourth-order valence-electron chi connectivity index (χ4n) is 4.34. The number of fused-ring (bicyclic) bond motifs is 1. The third-order valence-corrected chi connectivity index (χ3v) is 6.22. The first-order valence-electron chi connectivity index (χ1n) is 11.2. The summed E-state index contributed by atoms with van der Waals surface area (Å²) >= 11 is 0. The summed E-state index contributed by atoms with van der Waals surface area (Å²) in [6.45, 7) is 2.05. The number of amides is 2. The van der Waals surface area contributed by atoms with Crippen LogP contribution in [0.25, 0.3) is 10.9 Å². The molecule has 0 bridgehead atoms. The molecule has 1 aromatic heterocycles. The summed E-state index contributed by atoms with van der Waals surface area (Å²) in [5.74, 6) is -1.12. The van der Waals surface area contributed by atoms with E-state index in [0.717, 1.165) is 43.0 Å². The highest BCUT2D eigenvalue weighted by molar-refractivity contribution is 6.00. The molecule has 1 aromatic carbocycles. The predicted octanol–water partition coefficient (Wildman–Crippen LogP) is 3.31. The Balaban J connectivity index is 1.72. The van der Waals surface area contributed by atoms with Gasteiger partial charge in [-0.3, -0.25) is 14.4 Å². The van der Waals surface area contributed by atoms with E-state index in [1.54, 1.807) is 6.07 Å². The number of unbranched alkanes of at least 4 members (excludes halogenated alkanes) is 1. The van der Waals surface area contributed by atoms with Crippen molar-refractivity contribution in [3.63, 3.8) is 0 Å². The Hall–Kier alpha value is -2.83. The number of aromatic nitrogens is 1. The highest BCUT2D eigenvalue weighted by atomic mass is 16.5. The quantitative estimate of drug-likeness (QED) is 0.633. The molecule has 0 saturated heterocycles. The van der Waals surface area contributed by atoms with Gasteiger partial charge in [0.25, 0.3) is 5.91 Å². The molecule has 1 aliphatic carbocycles. The summed E-state index contributed by atoms with van der Waals surface area (Å²) in [7, 11) is 3.31. The Bertz CT molecular complexity index is 936. The fraction of sp³-hybridized carbons (Fsp3) is 0.542. The van der Waals surface area contributed by atoms with Crippen LogP contribution in [0.4, 0.5) is 0 Å². The third-order valence-electron chi connectivity index (χ3n) is 6.22. The number of carbonyl (C=O) groups is 3. The van der Waals surface area contributed by atoms with E-state index in [4.69, 9.17) is 4.74 Å². The zero-order valence-corrected chi connectivity index (χ0v) is 18.6. The van der Waals surface area contributed by atoms with E-state index in [1.165, 1.54) is 7.11 Å². The Morgan fingerprint density at radius 2 is 1.97 bits per heavy atom. The van der Waals surface area contributed by atoms with E-state index >= 15 is 0 Å². The smallest absolute Gasteiger partial charge is 0.310 e. The maximum Gasteiger partial charge on any atom is 0.310 e. The molecule has 3 rings (SSSR count). The topological polar surface area (TPSA) is 89.4 Å². The number of carbonyl (C=O) groups excluding carboxylic acids is 3. The molecule has 1 heterocycles. The average Bonchev–Trinajstić information content (AvgIpc) is 3.16. The average molecular weight is 428 g/mol. The molecule has 31 heavy (non-hydrogen) atoms. The van der Waals surface area contributed by atoms with Gasteiger partial charge in [0.05, 0.1) is 13.0 Å². The summed E-state index contributed by atoms with van der Waals surface area (Å²) in [5, 5.41) is 7.00. The zero-order valence-electron chi connectivity index (χ0n) is 18.6. The molecule has 2 N–H and O–H groups in total. The van der Waals surface area contributed by atoms with Crippen molar-refractivity contribution in [1.82, 2.24) is 15.2 Å². The Morgan fingerprint density at radius 3 is 2.71 bits per heavy atom. The minimum absolute atomic E-state index is 0.234. The molecule has 168 valence electrons. The summed E-state index contributed by atoms with van der Waals surface area (Å²) in [5.41, 5.74) is 1.49. The molecule has 2 amide bonds. The standard InChI is InChI=1S/C24H33N3O4/c1-4-5-9-20(23(29)25-19-10-7-6-8-18(19)24(30)31-3)26-22(28)17-12-11-16-13-14-27(2)21(16)15-17/h11-15,18-20H,4-10H2,1-3H3,(H,25,29)(H,26,28)/t18-,19+,20+/m1/s1. The molecule has 7 heteroatoms. The second-order valence-electron chi connectivity index (χ2n) is 8.40. The van der Waals surface area contributed by atoms with Crippen LogP contribution in [0.5, 0.6) is 0 Å². The molecular weight excluding hydrogens is 394 g/mol. The van der Waals surface area contributed by atoms with Crippen LogP contribution in [-0.2, 0) is 21.4 Å². The van der Waals surface area contributed by atoms with Gasteiger partial charge in [-0.05, 0) is 42.8 Å². The highest BCUT2D eigenvalue weighted by Gasteiger charge is 2.34. The molecule has 0 spiro atoms. The van der Waals surface area contributed by atoms with Crippen molar-refractivity contribution in [3.8, 4) is 0 Å². The molecule has 3 atom stereocenters. The summed E-state index contributed by atoms with van der Waals surface area (Å²) in [4.78, 5) is 38.2. The van der Waals surface area contributed by atoms with Crippen molar-refractivity contribution in [2.24, 2.45) is 13.0 Å². The minimum Gasteiger partial charge on any atom is -0.469 e. The van der Waals surface area contributed by atoms with Crippen LogP contribution in [0.2, 0.25) is 0 Å². The zero-order chi connectivity index (χ0) is 22.4. The van der Waals surface area contributed by atoms with Crippen LogP contribution in [0.15, 0.2) is 30.5 Å². The molecule has 0 unspecified atom stereocenters. The second kappa shape index (κ2) is 10.5. The largest absolute Gasteiger partial charge is 0.469 e. The van der Waals surface area contributed by atoms with Gasteiger partial charge >= 0.3 is 5.97 Å². The number of nitrogens with one attached hydrogen (secondary N) is 2. The lowest BCUT2D eigenvalue weighted by Crippen LogP contribution is -2.53. The SMILES string of the molecule is CCCC[C@H](NC(=O)c1ccc2ccn(C)c2c1)C(=O)N[C@H]1CCCC[C@H]1C(=O)OC. The number of hydrogen-bond donors (Lipinski definition) is 2. The van der Waals surface area contributed by atoms with Crippen LogP contribution in [0, 0.1) is 5.92 Å². The Morgan fingerprint density at radius 1 is 1.19 bits per heavy atom. The number of hydrogen-bond acceptors (Lipinski definition) is 4. The first kappa shape index (κ1) is 22.8. The van der Waals surface area contributed by atoms with E-state index in [-0.39, 0.29) is 29.7 Å². The lowest BCUT2D eigenvalue weighted by molar-refractivity contribution is -0.147. The number of esters is 1. The third kappa shape index (κ3) is 5.46. The van der Waals surface area contributed by atoms with Gasteiger partial charge in [0.2, 0.25) is 5.91 Å². The van der Waals surface area contributed by atoms with Crippen molar-refractivity contribution in [2.75, 3.05) is 7.11 Å². The second-order valence-corrected chi connectivity index (χ2v) is 8.40. The van der Waals surface area contributed by atoms with Crippen molar-refractivity contribution in [1.29, 1.82) is 0 Å². The van der Waals surface area contributed by atoms with Crippen molar-refractivity contribution >= 4 is 28.7 Å². The van der Waals surface area contributed by atoms with Gasteiger partial charge in [-0.25, -0.2) is 0 Å². The number of benzene rings is 1. The van der Waals surface area contributed by atoms with E-state index in [0.29, 0.717) is 18.4 Å². The maximum atomic E-state index is 13.1. The van der Waals surface area contributed by atoms with Crippen LogP contribution in [0.1, 0.15) is 62.2 Å². The first-order chi connectivity index (χ1) is 14.9. The van der Waals surface area contributed by atoms with Gasteiger partial charge in [-0.15, -0.1) is 0 Å². The summed E-state index contributed by atoms with van der Waals surface area (Å²) < 4.78 is 6.89. The molecule has 1 fully saturated rings. The predicted molar refractivity (Wildman–Crippen MR) is 120 cm³/mol. The normalized spacial score (nSPS) is 19.6. The van der Waals surface area contributed by atoms with E-state index in [1.807, 2.05) is 36.0 Å². The maximum absolute atomic E-state index is 13.1. The lowest BCUT2D eigenvalue weighted by Gasteiger charge is -2.31. The van der Waals surface area contributed by atoms with Crippen molar-refractivity contribution in [3.05, 3.63) is 36.0 Å². The lowest BCUT2D eigenvalue weighted by atomic mass is 9.84. The number of aryl methyl sites for hydroxylation is 1. The molecule has 1 aliphatic rings. The van der Waals surface area contributed by atoms with Gasteiger partial charge in [0, 0.05) is 30.4 Å². The number of methoxy groups -OCH3 is 1. The van der Waals surface area contributed by atoms with Gasteiger partial charge in [0.1, 0.15) is 6.04 Å². The highest BCUT2D eigenvalue weighted by Crippen LogP contribution is 2.26. The van der Waals surface area contributed by atoms with E-state index in [9.17, 15) is 14.4 Å². The van der Waals surface area contributed by atoms with E-state index in [2.05, 4.69) is 17.6 Å². The van der Waals surface area contributed by atoms with E-state index < -0.39 is 6.04 Å². The van der Waals surface area contributed by atoms with Gasteiger partial charge < -0.3 is 19.9 Å². The van der Waals surface area contributed by atoms with Crippen LogP contribution in [0.3, 0.4) is 0 Å². The monoisotopic (exact) mass is 427 g/mol. The van der Waals surface area contributed by atoms with Crippen LogP contribution < -0.4 is 10.6 Å². The first-order valence-corrected chi connectivity index (χ1v) is 11.2. The molecule has 2 aromatic rings. The summed E-state index contributed by atoms with van der Waals surface area (Å²) in [6.07, 6.45) is 7.60. The summed E-state index contributed by atoms with van der Waals surface area (Å²) in [6, 6.07) is 6.63. The van der Waals surface area contributed by atoms with Gasteiger partial charge in [0.15, 0.2) is 0 Å². The number of ether oxygens (including phenoxy) is 1. The van der Waals surface area contributed by atoms with Gasteiger partial charge in [-0.2, -0.15) is 0 Å². The molecule has 1 saturated carbocycles. The van der Waals surface area contributed by atoms with Crippen molar-refractivity contribution in [2.45, 2.75) is 64.0 Å². The molecule has 0 aliphatic heterocycles. The number of nitrogens with zero attached hydrogens (tertiary/aromatic N) is 1. The van der Waals surface area contributed by atoms with Crippen molar-refractivity contribution < 1.29 is 19.1 Å². The molecule has 7 nitrogen and oxygen atoms in total. The molecule has 0 radical (unpaired) electrons. The Kier molecular flexibility index (Phi) is 7.71. The van der Waals surface area contributed by atoms with Crippen LogP contribution >= 0.6 is 0 Å². The fourth-order valence-corrected chi connectivity index (χ4v) is 4.34. The van der Waals surface area contributed by atoms with Gasteiger partial charge in [-0.1, -0.05) is 38.7 Å².